The molecule has 0 aromatic carbocycles. The van der Waals surface area contributed by atoms with Crippen LogP contribution in [0.2, 0.25) is 5.15 Å². The van der Waals surface area contributed by atoms with Crippen LogP contribution in [0.4, 0.5) is 5.69 Å². The third-order valence-corrected chi connectivity index (χ3v) is 2.95. The number of nitrogens with zero attached hydrogens (tertiary/aromatic N) is 1. The van der Waals surface area contributed by atoms with Gasteiger partial charge in [0.1, 0.15) is 0 Å². The molecule has 0 aliphatic carbocycles. The summed E-state index contributed by atoms with van der Waals surface area (Å²) in [5, 5.41) is 0.468. The van der Waals surface area contributed by atoms with Crippen LogP contribution in [0, 0.1) is 0 Å². The van der Waals surface area contributed by atoms with Crippen LogP contribution in [0.5, 0.6) is 0 Å². The Bertz CT molecular complexity index is 407. The van der Waals surface area contributed by atoms with E-state index in [1.165, 1.54) is 11.8 Å². The standard InChI is InChI=1S/C11H13ClN2OS/c1-8(15)16-5-3-2-4-9-6-10(13)11(12)14-7-9/h2,4,6-7H,3,5,13H2,1H3. The molecule has 0 unspecified atom stereocenters. The molecule has 3 nitrogen and oxygen atoms in total. The molecular weight excluding hydrogens is 244 g/mol. The number of nitrogen functional groups attached to an aromatic ring is 1. The molecule has 0 amide bonds. The molecule has 0 aliphatic heterocycles. The number of carbonyl (C=O) groups excluding carboxylic acids is 1. The van der Waals surface area contributed by atoms with Crippen LogP contribution in [-0.4, -0.2) is 15.9 Å². The number of aromatic nitrogens is 1. The van der Waals surface area contributed by atoms with Crippen LogP contribution in [0.3, 0.4) is 0 Å². The van der Waals surface area contributed by atoms with Gasteiger partial charge in [0.2, 0.25) is 0 Å². The Morgan fingerprint density at radius 1 is 1.69 bits per heavy atom. The van der Waals surface area contributed by atoms with Crippen molar-refractivity contribution in [3.05, 3.63) is 29.1 Å². The largest absolute Gasteiger partial charge is 0.396 e. The number of anilines is 1. The van der Waals surface area contributed by atoms with Gasteiger partial charge in [0.15, 0.2) is 10.3 Å². The number of nitrogens with two attached hydrogens (primary N) is 1. The molecule has 0 spiro atoms. The van der Waals surface area contributed by atoms with E-state index in [0.717, 1.165) is 17.7 Å². The molecule has 0 saturated carbocycles. The van der Waals surface area contributed by atoms with E-state index in [-0.39, 0.29) is 5.12 Å². The van der Waals surface area contributed by atoms with Crippen LogP contribution >= 0.6 is 23.4 Å². The number of hydrogen-bond donors (Lipinski definition) is 1. The van der Waals surface area contributed by atoms with Crippen LogP contribution in [0.1, 0.15) is 18.9 Å². The van der Waals surface area contributed by atoms with Gasteiger partial charge in [-0.05, 0) is 18.1 Å². The second-order valence-electron chi connectivity index (χ2n) is 3.18. The van der Waals surface area contributed by atoms with E-state index in [9.17, 15) is 4.79 Å². The molecule has 0 aliphatic rings. The minimum absolute atomic E-state index is 0.144. The van der Waals surface area contributed by atoms with E-state index in [4.69, 9.17) is 17.3 Å². The summed E-state index contributed by atoms with van der Waals surface area (Å²) in [6, 6.07) is 1.77. The number of allylic oxidation sites excluding steroid dienone is 1. The summed E-state index contributed by atoms with van der Waals surface area (Å²) in [5.41, 5.74) is 7.00. The van der Waals surface area contributed by atoms with E-state index in [2.05, 4.69) is 4.98 Å². The first kappa shape index (κ1) is 13.1. The summed E-state index contributed by atoms with van der Waals surface area (Å²) in [6.07, 6.45) is 6.40. The van der Waals surface area contributed by atoms with E-state index < -0.39 is 0 Å². The number of hydrogen-bond acceptors (Lipinski definition) is 4. The summed E-state index contributed by atoms with van der Waals surface area (Å²) in [5.74, 6) is 0.794. The molecule has 2 N–H and O–H groups in total. The Kier molecular flexibility index (Phi) is 5.35. The predicted molar refractivity (Wildman–Crippen MR) is 70.4 cm³/mol. The van der Waals surface area contributed by atoms with Crippen LogP contribution in [0.15, 0.2) is 18.3 Å². The maximum Gasteiger partial charge on any atom is 0.185 e. The van der Waals surface area contributed by atoms with Crippen molar-refractivity contribution in [3.8, 4) is 0 Å². The lowest BCUT2D eigenvalue weighted by atomic mass is 10.2. The van der Waals surface area contributed by atoms with E-state index in [0.29, 0.717) is 10.8 Å². The highest BCUT2D eigenvalue weighted by atomic mass is 35.5. The number of thioether (sulfide) groups is 1. The zero-order chi connectivity index (χ0) is 12.0. The van der Waals surface area contributed by atoms with Gasteiger partial charge in [-0.3, -0.25) is 4.79 Å². The third kappa shape index (κ3) is 4.68. The van der Waals surface area contributed by atoms with Crippen molar-refractivity contribution in [2.24, 2.45) is 0 Å². The Morgan fingerprint density at radius 2 is 2.44 bits per heavy atom. The minimum atomic E-state index is 0.144. The molecule has 0 bridgehead atoms. The Labute approximate surface area is 104 Å². The first-order valence-electron chi connectivity index (χ1n) is 4.80. The van der Waals surface area contributed by atoms with Crippen LogP contribution in [0.25, 0.3) is 6.08 Å². The molecule has 1 aromatic rings. The van der Waals surface area contributed by atoms with Crippen molar-refractivity contribution < 1.29 is 4.79 Å². The molecule has 1 heterocycles. The van der Waals surface area contributed by atoms with E-state index in [1.54, 1.807) is 19.2 Å². The summed E-state index contributed by atoms with van der Waals surface area (Å²) in [4.78, 5) is 14.6. The van der Waals surface area contributed by atoms with Gasteiger partial charge in [0, 0.05) is 18.9 Å². The lowest BCUT2D eigenvalue weighted by Gasteiger charge is -1.98. The lowest BCUT2D eigenvalue weighted by molar-refractivity contribution is -0.109. The fourth-order valence-electron chi connectivity index (χ4n) is 1.06. The van der Waals surface area contributed by atoms with Gasteiger partial charge in [-0.15, -0.1) is 0 Å². The van der Waals surface area contributed by atoms with Gasteiger partial charge in [0.25, 0.3) is 0 Å². The van der Waals surface area contributed by atoms with Gasteiger partial charge in [0.05, 0.1) is 5.69 Å². The number of carbonyl (C=O) groups is 1. The monoisotopic (exact) mass is 256 g/mol. The molecule has 1 aromatic heterocycles. The molecule has 5 heteroatoms. The summed E-state index contributed by atoms with van der Waals surface area (Å²) in [6.45, 7) is 1.57. The molecule has 86 valence electrons. The molecule has 0 saturated heterocycles. The third-order valence-electron chi connectivity index (χ3n) is 1.79. The first-order chi connectivity index (χ1) is 7.59. The highest BCUT2D eigenvalue weighted by Crippen LogP contribution is 2.17. The second-order valence-corrected chi connectivity index (χ2v) is 4.81. The van der Waals surface area contributed by atoms with Crippen molar-refractivity contribution in [1.82, 2.24) is 4.98 Å². The zero-order valence-corrected chi connectivity index (χ0v) is 10.5. The highest BCUT2D eigenvalue weighted by Gasteiger charge is 1.96. The highest BCUT2D eigenvalue weighted by molar-refractivity contribution is 8.13. The number of halogens is 1. The number of pyridine rings is 1. The van der Waals surface area contributed by atoms with Crippen molar-refractivity contribution in [2.75, 3.05) is 11.5 Å². The number of rotatable bonds is 4. The second kappa shape index (κ2) is 6.55. The first-order valence-corrected chi connectivity index (χ1v) is 6.17. The van der Waals surface area contributed by atoms with Gasteiger partial charge >= 0.3 is 0 Å². The van der Waals surface area contributed by atoms with Crippen molar-refractivity contribution in [1.29, 1.82) is 0 Å². The normalized spacial score (nSPS) is 10.9. The Morgan fingerprint density at radius 3 is 3.06 bits per heavy atom. The van der Waals surface area contributed by atoms with Gasteiger partial charge in [-0.25, -0.2) is 4.98 Å². The molecule has 0 fully saturated rings. The fraction of sp³-hybridized carbons (Fsp3) is 0.273. The van der Waals surface area contributed by atoms with Crippen LogP contribution in [-0.2, 0) is 4.79 Å². The molecule has 0 atom stereocenters. The van der Waals surface area contributed by atoms with Crippen molar-refractivity contribution in [2.45, 2.75) is 13.3 Å². The Hall–Kier alpha value is -1.00. The van der Waals surface area contributed by atoms with E-state index in [1.807, 2.05) is 12.2 Å². The maximum atomic E-state index is 10.7. The SMILES string of the molecule is CC(=O)SCCC=Cc1cnc(Cl)c(N)c1. The summed E-state index contributed by atoms with van der Waals surface area (Å²) < 4.78 is 0. The van der Waals surface area contributed by atoms with Crippen molar-refractivity contribution >= 4 is 40.2 Å². The maximum absolute atomic E-state index is 10.7. The molecule has 16 heavy (non-hydrogen) atoms. The minimum Gasteiger partial charge on any atom is -0.396 e. The quantitative estimate of drug-likeness (QED) is 0.665. The van der Waals surface area contributed by atoms with E-state index >= 15 is 0 Å². The fourth-order valence-corrected chi connectivity index (χ4v) is 1.71. The smallest absolute Gasteiger partial charge is 0.185 e. The topological polar surface area (TPSA) is 56.0 Å². The summed E-state index contributed by atoms with van der Waals surface area (Å²) in [7, 11) is 0. The molecule has 1 rings (SSSR count). The van der Waals surface area contributed by atoms with Gasteiger partial charge in [-0.2, -0.15) is 0 Å². The Balaban J connectivity index is 2.44. The average Bonchev–Trinajstić information content (AvgIpc) is 2.22. The summed E-state index contributed by atoms with van der Waals surface area (Å²) >= 11 is 7.02. The lowest BCUT2D eigenvalue weighted by Crippen LogP contribution is -1.89. The molecular formula is C11H13ClN2OS. The predicted octanol–water partition coefficient (Wildman–Crippen LogP) is 3.00. The van der Waals surface area contributed by atoms with Crippen LogP contribution < -0.4 is 5.73 Å². The van der Waals surface area contributed by atoms with Crippen molar-refractivity contribution in [3.63, 3.8) is 0 Å². The molecule has 0 radical (unpaired) electrons. The van der Waals surface area contributed by atoms with Gasteiger partial charge < -0.3 is 5.73 Å². The zero-order valence-electron chi connectivity index (χ0n) is 8.94. The van der Waals surface area contributed by atoms with Gasteiger partial charge in [-0.1, -0.05) is 35.5 Å². The average molecular weight is 257 g/mol.